The third-order valence-electron chi connectivity index (χ3n) is 3.23. The highest BCUT2D eigenvalue weighted by Crippen LogP contribution is 2.35. The first-order chi connectivity index (χ1) is 8.93. The van der Waals surface area contributed by atoms with Gasteiger partial charge in [-0.2, -0.15) is 0 Å². The van der Waals surface area contributed by atoms with Gasteiger partial charge in [0.1, 0.15) is 11.3 Å². The summed E-state index contributed by atoms with van der Waals surface area (Å²) >= 11 is 0. The minimum absolute atomic E-state index is 0.168. The van der Waals surface area contributed by atoms with E-state index in [1.807, 2.05) is 32.0 Å². The van der Waals surface area contributed by atoms with Gasteiger partial charge in [0, 0.05) is 0 Å². The van der Waals surface area contributed by atoms with Gasteiger partial charge in [-0.15, -0.1) is 0 Å². The van der Waals surface area contributed by atoms with Crippen molar-refractivity contribution in [2.75, 3.05) is 6.61 Å². The molecule has 1 aromatic rings. The molecular formula is C14H17NO4. The molecule has 0 bridgehead atoms. The average molecular weight is 263 g/mol. The van der Waals surface area contributed by atoms with Crippen molar-refractivity contribution >= 4 is 11.9 Å². The summed E-state index contributed by atoms with van der Waals surface area (Å²) in [5, 5.41) is 11.5. The van der Waals surface area contributed by atoms with Gasteiger partial charge < -0.3 is 15.2 Å². The number of benzene rings is 1. The van der Waals surface area contributed by atoms with Gasteiger partial charge in [0.25, 0.3) is 5.91 Å². The van der Waals surface area contributed by atoms with Crippen LogP contribution >= 0.6 is 0 Å². The summed E-state index contributed by atoms with van der Waals surface area (Å²) in [4.78, 5) is 22.6. The van der Waals surface area contributed by atoms with Crippen molar-refractivity contribution in [3.63, 3.8) is 0 Å². The number of carbonyl (C=O) groups excluding carboxylic acids is 1. The maximum absolute atomic E-state index is 11.7. The van der Waals surface area contributed by atoms with Gasteiger partial charge in [-0.25, -0.2) is 4.79 Å². The highest BCUT2D eigenvalue weighted by molar-refractivity contribution is 5.90. The zero-order valence-corrected chi connectivity index (χ0v) is 11.0. The monoisotopic (exact) mass is 263 g/mol. The van der Waals surface area contributed by atoms with Gasteiger partial charge in [0.05, 0.1) is 0 Å². The van der Waals surface area contributed by atoms with Crippen molar-refractivity contribution < 1.29 is 19.4 Å². The summed E-state index contributed by atoms with van der Waals surface area (Å²) in [6.45, 7) is 3.71. The van der Waals surface area contributed by atoms with Crippen LogP contribution in [0, 0.1) is 13.8 Å². The van der Waals surface area contributed by atoms with Gasteiger partial charge in [-0.1, -0.05) is 17.7 Å². The highest BCUT2D eigenvalue weighted by atomic mass is 16.5. The van der Waals surface area contributed by atoms with Crippen LogP contribution in [-0.4, -0.2) is 29.1 Å². The van der Waals surface area contributed by atoms with Crippen molar-refractivity contribution in [2.24, 2.45) is 0 Å². The molecule has 1 saturated carbocycles. The minimum Gasteiger partial charge on any atom is -0.484 e. The van der Waals surface area contributed by atoms with Gasteiger partial charge >= 0.3 is 5.97 Å². The molecule has 0 heterocycles. The molecule has 0 aromatic heterocycles. The maximum atomic E-state index is 11.7. The summed E-state index contributed by atoms with van der Waals surface area (Å²) in [6, 6.07) is 5.68. The molecule has 19 heavy (non-hydrogen) atoms. The summed E-state index contributed by atoms with van der Waals surface area (Å²) in [5.74, 6) is -0.742. The van der Waals surface area contributed by atoms with Crippen LogP contribution in [0.5, 0.6) is 5.75 Å². The number of rotatable bonds is 5. The summed E-state index contributed by atoms with van der Waals surface area (Å²) in [5.41, 5.74) is 1.02. The number of aryl methyl sites for hydroxylation is 2. The number of aliphatic carboxylic acids is 1. The Kier molecular flexibility index (Phi) is 3.46. The van der Waals surface area contributed by atoms with E-state index in [9.17, 15) is 9.59 Å². The van der Waals surface area contributed by atoms with Gasteiger partial charge in [0.15, 0.2) is 6.61 Å². The topological polar surface area (TPSA) is 75.6 Å². The number of carbonyl (C=O) groups is 2. The van der Waals surface area contributed by atoms with E-state index in [1.54, 1.807) is 0 Å². The van der Waals surface area contributed by atoms with Crippen LogP contribution in [0.25, 0.3) is 0 Å². The lowest BCUT2D eigenvalue weighted by molar-refractivity contribution is -0.143. The normalized spacial score (nSPS) is 15.7. The maximum Gasteiger partial charge on any atom is 0.329 e. The molecule has 0 unspecified atom stereocenters. The average Bonchev–Trinajstić information content (AvgIpc) is 3.09. The molecule has 0 spiro atoms. The lowest BCUT2D eigenvalue weighted by Gasteiger charge is -2.14. The predicted molar refractivity (Wildman–Crippen MR) is 69.2 cm³/mol. The van der Waals surface area contributed by atoms with Crippen LogP contribution in [0.15, 0.2) is 18.2 Å². The smallest absolute Gasteiger partial charge is 0.329 e. The van der Waals surface area contributed by atoms with E-state index in [2.05, 4.69) is 5.32 Å². The van der Waals surface area contributed by atoms with E-state index in [4.69, 9.17) is 9.84 Å². The zero-order chi connectivity index (χ0) is 14.0. The molecule has 2 rings (SSSR count). The van der Waals surface area contributed by atoms with Gasteiger partial charge in [0.2, 0.25) is 0 Å². The minimum atomic E-state index is -1.05. The van der Waals surface area contributed by atoms with Crippen molar-refractivity contribution in [1.82, 2.24) is 5.32 Å². The molecule has 1 aliphatic rings. The molecule has 1 fully saturated rings. The summed E-state index contributed by atoms with van der Waals surface area (Å²) in [6.07, 6.45) is 0.968. The second-order valence-electron chi connectivity index (χ2n) is 4.99. The van der Waals surface area contributed by atoms with E-state index in [1.165, 1.54) is 0 Å². The first-order valence-electron chi connectivity index (χ1n) is 6.17. The van der Waals surface area contributed by atoms with Crippen LogP contribution < -0.4 is 10.1 Å². The third-order valence-corrected chi connectivity index (χ3v) is 3.23. The molecule has 1 amide bonds. The first kappa shape index (κ1) is 13.4. The van der Waals surface area contributed by atoms with Crippen LogP contribution in [0.2, 0.25) is 0 Å². The predicted octanol–water partition coefficient (Wildman–Crippen LogP) is 1.42. The molecule has 2 N–H and O–H groups in total. The molecule has 0 radical (unpaired) electrons. The second kappa shape index (κ2) is 4.91. The molecular weight excluding hydrogens is 246 g/mol. The van der Waals surface area contributed by atoms with Crippen LogP contribution in [-0.2, 0) is 9.59 Å². The van der Waals surface area contributed by atoms with Crippen LogP contribution in [0.4, 0.5) is 0 Å². The van der Waals surface area contributed by atoms with E-state index < -0.39 is 17.4 Å². The number of ether oxygens (including phenoxy) is 1. The SMILES string of the molecule is Cc1ccc(OCC(=O)NC2(C(=O)O)CC2)c(C)c1. The summed E-state index contributed by atoms with van der Waals surface area (Å²) in [7, 11) is 0. The fraction of sp³-hybridized carbons (Fsp3) is 0.429. The summed E-state index contributed by atoms with van der Waals surface area (Å²) < 4.78 is 5.40. The van der Waals surface area contributed by atoms with E-state index in [0.717, 1.165) is 11.1 Å². The second-order valence-corrected chi connectivity index (χ2v) is 4.99. The quantitative estimate of drug-likeness (QED) is 0.842. The largest absolute Gasteiger partial charge is 0.484 e. The highest BCUT2D eigenvalue weighted by Gasteiger charge is 2.51. The number of hydrogen-bond donors (Lipinski definition) is 2. The standard InChI is InChI=1S/C14H17NO4/c1-9-3-4-11(10(2)7-9)19-8-12(16)15-14(5-6-14)13(17)18/h3-4,7H,5-6,8H2,1-2H3,(H,15,16)(H,17,18). The molecule has 1 aromatic carbocycles. The van der Waals surface area contributed by atoms with E-state index >= 15 is 0 Å². The van der Waals surface area contributed by atoms with Crippen LogP contribution in [0.3, 0.4) is 0 Å². The van der Waals surface area contributed by atoms with E-state index in [-0.39, 0.29) is 6.61 Å². The molecule has 5 heteroatoms. The van der Waals surface area contributed by atoms with Crippen molar-refractivity contribution in [3.05, 3.63) is 29.3 Å². The lowest BCUT2D eigenvalue weighted by atomic mass is 10.1. The number of carboxylic acids is 1. The van der Waals surface area contributed by atoms with E-state index in [0.29, 0.717) is 18.6 Å². The number of hydrogen-bond acceptors (Lipinski definition) is 3. The zero-order valence-electron chi connectivity index (χ0n) is 11.0. The Labute approximate surface area is 111 Å². The number of nitrogens with one attached hydrogen (secondary N) is 1. The fourth-order valence-corrected chi connectivity index (χ4v) is 1.92. The molecule has 5 nitrogen and oxygen atoms in total. The molecule has 0 saturated heterocycles. The molecule has 0 aliphatic heterocycles. The molecule has 1 aliphatic carbocycles. The van der Waals surface area contributed by atoms with Gasteiger partial charge in [-0.05, 0) is 38.3 Å². The first-order valence-corrected chi connectivity index (χ1v) is 6.17. The molecule has 0 atom stereocenters. The van der Waals surface area contributed by atoms with Crippen LogP contribution in [0.1, 0.15) is 24.0 Å². The Bertz CT molecular complexity index is 520. The Balaban J connectivity index is 1.89. The fourth-order valence-electron chi connectivity index (χ4n) is 1.92. The van der Waals surface area contributed by atoms with Crippen molar-refractivity contribution in [2.45, 2.75) is 32.2 Å². The Morgan fingerprint density at radius 2 is 2.05 bits per heavy atom. The number of carboxylic acid groups (broad SMARTS) is 1. The Morgan fingerprint density at radius 1 is 1.37 bits per heavy atom. The van der Waals surface area contributed by atoms with Crippen molar-refractivity contribution in [1.29, 1.82) is 0 Å². The Morgan fingerprint density at radius 3 is 2.58 bits per heavy atom. The van der Waals surface area contributed by atoms with Crippen molar-refractivity contribution in [3.8, 4) is 5.75 Å². The molecule has 102 valence electrons. The lowest BCUT2D eigenvalue weighted by Crippen LogP contribution is -2.45. The van der Waals surface area contributed by atoms with Gasteiger partial charge in [-0.3, -0.25) is 4.79 Å². The number of amides is 1. The Hall–Kier alpha value is -2.04. The third kappa shape index (κ3) is 3.05.